The quantitative estimate of drug-likeness (QED) is 0.267. The van der Waals surface area contributed by atoms with Crippen LogP contribution in [0.25, 0.3) is 0 Å². The van der Waals surface area contributed by atoms with Crippen LogP contribution in [0, 0.1) is 33.5 Å². The van der Waals surface area contributed by atoms with E-state index in [0.29, 0.717) is 45.1 Å². The molecule has 44 heavy (non-hydrogen) atoms. The molecule has 6 rings (SSSR count). The zero-order valence-corrected chi connectivity index (χ0v) is 24.3. The topological polar surface area (TPSA) is 113 Å². The van der Waals surface area contributed by atoms with E-state index in [1.807, 2.05) is 48.5 Å². The van der Waals surface area contributed by atoms with Crippen LogP contribution < -0.4 is 10.0 Å². The van der Waals surface area contributed by atoms with Gasteiger partial charge in [0.15, 0.2) is 0 Å². The normalized spacial score (nSPS) is 21.1. The summed E-state index contributed by atoms with van der Waals surface area (Å²) in [6.07, 6.45) is 0.193. The molecule has 0 aliphatic carbocycles. The average Bonchev–Trinajstić information content (AvgIpc) is 3.47. The van der Waals surface area contributed by atoms with Crippen LogP contribution in [0.2, 0.25) is 0 Å². The fraction of sp³-hybridized carbons (Fsp3) is 0.167. The summed E-state index contributed by atoms with van der Waals surface area (Å²) in [7, 11) is 0. The second-order valence-electron chi connectivity index (χ2n) is 11.1. The minimum atomic E-state index is -1.52. The number of carbonyl (C=O) groups excluding carboxylic acids is 2. The Kier molecular flexibility index (Phi) is 7.12. The number of amides is 2. The van der Waals surface area contributed by atoms with Crippen LogP contribution in [-0.4, -0.2) is 23.2 Å². The van der Waals surface area contributed by atoms with Crippen LogP contribution >= 0.6 is 0 Å². The van der Waals surface area contributed by atoms with Crippen LogP contribution in [0.5, 0.6) is 0 Å². The summed E-state index contributed by atoms with van der Waals surface area (Å²) in [5, 5.41) is 31.8. The fourth-order valence-corrected chi connectivity index (χ4v) is 6.53. The summed E-state index contributed by atoms with van der Waals surface area (Å²) >= 11 is 0. The van der Waals surface area contributed by atoms with Gasteiger partial charge < -0.3 is 0 Å². The summed E-state index contributed by atoms with van der Waals surface area (Å²) < 4.78 is 0. The molecule has 2 unspecified atom stereocenters. The van der Waals surface area contributed by atoms with Gasteiger partial charge in [-0.3, -0.25) is 9.59 Å². The van der Waals surface area contributed by atoms with Crippen molar-refractivity contribution in [2.24, 2.45) is 21.0 Å². The molecule has 2 aliphatic heterocycles. The lowest BCUT2D eigenvalue weighted by Crippen LogP contribution is -2.61. The molecule has 0 N–H and O–H groups in total. The van der Waals surface area contributed by atoms with Crippen molar-refractivity contribution < 1.29 is 9.59 Å². The average molecular weight is 577 g/mol. The van der Waals surface area contributed by atoms with Gasteiger partial charge in [0.05, 0.1) is 46.1 Å². The Balaban J connectivity index is 1.62. The van der Waals surface area contributed by atoms with Crippen LogP contribution in [0.4, 0.5) is 11.4 Å². The number of hydrogen-bond donors (Lipinski definition) is 0. The highest BCUT2D eigenvalue weighted by atomic mass is 16.2. The molecule has 0 spiro atoms. The lowest BCUT2D eigenvalue weighted by molar-refractivity contribution is -0.137. The Morgan fingerprint density at radius 1 is 0.591 bits per heavy atom. The van der Waals surface area contributed by atoms with E-state index in [9.17, 15) is 10.5 Å². The number of anilines is 2. The highest BCUT2D eigenvalue weighted by Crippen LogP contribution is 2.55. The molecule has 214 valence electrons. The summed E-state index contributed by atoms with van der Waals surface area (Å²) in [5.41, 5.74) is 1.35. The molecule has 2 aliphatic rings. The molecule has 8 nitrogen and oxygen atoms in total. The number of hydrazone groups is 2. The maximum Gasteiger partial charge on any atom is 0.261 e. The van der Waals surface area contributed by atoms with E-state index >= 15 is 9.59 Å². The predicted octanol–water partition coefficient (Wildman–Crippen LogP) is 6.03. The standard InChI is InChI=1S/C36H28N6O2/c1-25-35(21-27-11-9-13-29(19-27)23-37,33(43)41(39-25)31-15-5-3-6-16-31)36(22-28-12-10-14-30(20-28)24-38)26(2)40-42(34(36)44)32-17-7-4-8-18-32/h3-20H,21-22H2,1-2H3. The van der Waals surface area contributed by atoms with Crippen LogP contribution in [-0.2, 0) is 22.4 Å². The molecule has 0 saturated carbocycles. The first kappa shape index (κ1) is 28.3. The van der Waals surface area contributed by atoms with Crippen molar-refractivity contribution in [1.29, 1.82) is 10.5 Å². The van der Waals surface area contributed by atoms with Gasteiger partial charge in [-0.2, -0.15) is 30.7 Å². The predicted molar refractivity (Wildman–Crippen MR) is 169 cm³/mol. The number of hydrogen-bond acceptors (Lipinski definition) is 6. The van der Waals surface area contributed by atoms with Crippen molar-refractivity contribution in [3.05, 3.63) is 131 Å². The largest absolute Gasteiger partial charge is 0.271 e. The number of nitriles is 2. The highest BCUT2D eigenvalue weighted by molar-refractivity contribution is 6.30. The molecule has 0 bridgehead atoms. The Morgan fingerprint density at radius 3 is 1.34 bits per heavy atom. The van der Waals surface area contributed by atoms with Crippen molar-refractivity contribution in [3.63, 3.8) is 0 Å². The molecule has 8 heteroatoms. The molecule has 4 aromatic carbocycles. The minimum absolute atomic E-state index is 0.0964. The summed E-state index contributed by atoms with van der Waals surface area (Å²) in [4.78, 5) is 30.2. The van der Waals surface area contributed by atoms with E-state index in [1.165, 1.54) is 10.0 Å². The molecule has 2 heterocycles. The van der Waals surface area contributed by atoms with Gasteiger partial charge in [-0.1, -0.05) is 60.7 Å². The maximum atomic E-state index is 15.1. The molecule has 0 fully saturated rings. The summed E-state index contributed by atoms with van der Waals surface area (Å²) in [5.74, 6) is -0.726. The summed E-state index contributed by atoms with van der Waals surface area (Å²) in [6, 6.07) is 36.8. The molecule has 4 aromatic rings. The van der Waals surface area contributed by atoms with Crippen LogP contribution in [0.1, 0.15) is 36.1 Å². The minimum Gasteiger partial charge on any atom is -0.271 e. The van der Waals surface area contributed by atoms with E-state index in [-0.39, 0.29) is 24.7 Å². The van der Waals surface area contributed by atoms with E-state index in [0.717, 1.165) is 0 Å². The number of para-hydroxylation sites is 2. The molecule has 0 aromatic heterocycles. The number of benzene rings is 4. The molecule has 2 atom stereocenters. The zero-order chi connectivity index (χ0) is 30.9. The van der Waals surface area contributed by atoms with Gasteiger partial charge in [-0.15, -0.1) is 0 Å². The third-order valence-corrected chi connectivity index (χ3v) is 8.63. The number of nitrogens with zero attached hydrogens (tertiary/aromatic N) is 6. The third-order valence-electron chi connectivity index (χ3n) is 8.63. The maximum absolute atomic E-state index is 15.1. The van der Waals surface area contributed by atoms with Gasteiger partial charge in [0, 0.05) is 0 Å². The first-order chi connectivity index (χ1) is 21.3. The monoisotopic (exact) mass is 576 g/mol. The van der Waals surface area contributed by atoms with E-state index in [4.69, 9.17) is 10.2 Å². The lowest BCUT2D eigenvalue weighted by Gasteiger charge is -2.44. The second kappa shape index (κ2) is 11.1. The van der Waals surface area contributed by atoms with Crippen molar-refractivity contribution >= 4 is 34.6 Å². The van der Waals surface area contributed by atoms with E-state index in [1.54, 1.807) is 74.5 Å². The van der Waals surface area contributed by atoms with Crippen LogP contribution in [0.15, 0.2) is 119 Å². The van der Waals surface area contributed by atoms with Gasteiger partial charge in [0.2, 0.25) is 0 Å². The first-order valence-corrected chi connectivity index (χ1v) is 14.2. The fourth-order valence-electron chi connectivity index (χ4n) is 6.53. The smallest absolute Gasteiger partial charge is 0.261 e. The highest BCUT2D eigenvalue weighted by Gasteiger charge is 2.70. The third kappa shape index (κ3) is 4.36. The van der Waals surface area contributed by atoms with Crippen molar-refractivity contribution in [3.8, 4) is 12.1 Å². The second-order valence-corrected chi connectivity index (χ2v) is 11.1. The van der Waals surface area contributed by atoms with Gasteiger partial charge >= 0.3 is 0 Å². The number of rotatable bonds is 7. The molecular formula is C36H28N6O2. The molecule has 0 radical (unpaired) electrons. The zero-order valence-electron chi connectivity index (χ0n) is 24.3. The Bertz CT molecular complexity index is 1780. The molecular weight excluding hydrogens is 548 g/mol. The van der Waals surface area contributed by atoms with Crippen molar-refractivity contribution in [2.75, 3.05) is 10.0 Å². The number of carbonyl (C=O) groups is 2. The molecule has 2 amide bonds. The van der Waals surface area contributed by atoms with Gasteiger partial charge in [0.25, 0.3) is 11.8 Å². The molecule has 0 saturated heterocycles. The van der Waals surface area contributed by atoms with Gasteiger partial charge in [0.1, 0.15) is 10.8 Å². The van der Waals surface area contributed by atoms with Crippen molar-refractivity contribution in [1.82, 2.24) is 0 Å². The van der Waals surface area contributed by atoms with Crippen molar-refractivity contribution in [2.45, 2.75) is 26.7 Å². The summed E-state index contributed by atoms with van der Waals surface area (Å²) in [6.45, 7) is 3.57. The Morgan fingerprint density at radius 2 is 0.977 bits per heavy atom. The lowest BCUT2D eigenvalue weighted by atomic mass is 9.53. The Hall–Kier alpha value is -5.86. The van der Waals surface area contributed by atoms with E-state index < -0.39 is 10.8 Å². The Labute approximate surface area is 255 Å². The van der Waals surface area contributed by atoms with Gasteiger partial charge in [-0.25, -0.2) is 0 Å². The van der Waals surface area contributed by atoms with Crippen LogP contribution in [0.3, 0.4) is 0 Å². The van der Waals surface area contributed by atoms with Gasteiger partial charge in [-0.05, 0) is 86.3 Å². The SMILES string of the molecule is CC1=NN(c2ccccc2)C(=O)C1(Cc1cccc(C#N)c1)C1(Cc2cccc(C#N)c2)C(=O)N(c2ccccc2)N=C1C. The first-order valence-electron chi connectivity index (χ1n) is 14.2. The van der Waals surface area contributed by atoms with E-state index in [2.05, 4.69) is 12.1 Å².